The Kier molecular flexibility index (Phi) is 7.99. The van der Waals surface area contributed by atoms with E-state index in [0.29, 0.717) is 22.4 Å². The minimum Gasteiger partial charge on any atom is -0.508 e. The normalized spacial score (nSPS) is 10.6. The van der Waals surface area contributed by atoms with E-state index in [9.17, 15) is 24.6 Å². The number of rotatable bonds is 7. The Hall–Kier alpha value is -4.67. The van der Waals surface area contributed by atoms with Gasteiger partial charge in [0.05, 0.1) is 27.0 Å². The summed E-state index contributed by atoms with van der Waals surface area (Å²) in [5.41, 5.74) is 1.92. The molecule has 0 aliphatic heterocycles. The highest BCUT2D eigenvalue weighted by atomic mass is 35.5. The molecule has 0 aliphatic carbocycles. The van der Waals surface area contributed by atoms with Crippen LogP contribution in [0.1, 0.15) is 22.8 Å². The van der Waals surface area contributed by atoms with Crippen molar-refractivity contribution < 1.29 is 19.8 Å². The molecule has 198 valence electrons. The number of aryl methyl sites for hydroxylation is 1. The summed E-state index contributed by atoms with van der Waals surface area (Å²) < 4.78 is 1.20. The zero-order valence-electron chi connectivity index (χ0n) is 20.4. The van der Waals surface area contributed by atoms with E-state index in [1.165, 1.54) is 35.3 Å². The molecule has 2 heterocycles. The third kappa shape index (κ3) is 6.08. The lowest BCUT2D eigenvalue weighted by Crippen LogP contribution is -2.29. The van der Waals surface area contributed by atoms with E-state index < -0.39 is 17.6 Å². The van der Waals surface area contributed by atoms with Crippen LogP contribution in [0.4, 0.5) is 16.2 Å². The van der Waals surface area contributed by atoms with Gasteiger partial charge in [0.1, 0.15) is 11.4 Å². The first-order valence-corrected chi connectivity index (χ1v) is 12.2. The molecule has 2 amide bonds. The van der Waals surface area contributed by atoms with Gasteiger partial charge in [-0.3, -0.25) is 9.78 Å². The van der Waals surface area contributed by atoms with Gasteiger partial charge in [-0.05, 0) is 48.4 Å². The Balaban J connectivity index is 1.72. The maximum atomic E-state index is 12.9. The van der Waals surface area contributed by atoms with E-state index in [-0.39, 0.29) is 44.9 Å². The molecule has 12 heteroatoms. The lowest BCUT2D eigenvalue weighted by molar-refractivity contribution is 0.0697. The second kappa shape index (κ2) is 11.4. The van der Waals surface area contributed by atoms with Crippen molar-refractivity contribution in [1.82, 2.24) is 14.8 Å². The minimum absolute atomic E-state index is 0.0207. The van der Waals surface area contributed by atoms with E-state index in [1.807, 2.05) is 0 Å². The van der Waals surface area contributed by atoms with Gasteiger partial charge in [0.15, 0.2) is 0 Å². The molecule has 4 rings (SSSR count). The number of anilines is 2. The molecule has 0 unspecified atom stereocenters. The number of benzene rings is 2. The topological polar surface area (TPSA) is 146 Å². The number of urea groups is 1. The summed E-state index contributed by atoms with van der Waals surface area (Å²) in [4.78, 5) is 41.0. The summed E-state index contributed by atoms with van der Waals surface area (Å²) in [5, 5.41) is 29.0. The number of aromatic nitrogens is 3. The molecule has 2 aromatic carbocycles. The average Bonchev–Trinajstić information content (AvgIpc) is 2.91. The van der Waals surface area contributed by atoms with E-state index in [1.54, 1.807) is 37.3 Å². The first-order valence-electron chi connectivity index (χ1n) is 11.4. The maximum Gasteiger partial charge on any atom is 0.335 e. The van der Waals surface area contributed by atoms with Crippen LogP contribution in [0.5, 0.6) is 0 Å². The van der Waals surface area contributed by atoms with Gasteiger partial charge in [-0.2, -0.15) is 5.10 Å². The van der Waals surface area contributed by atoms with Gasteiger partial charge in [-0.15, -0.1) is 0 Å². The van der Waals surface area contributed by atoms with E-state index >= 15 is 0 Å². The summed E-state index contributed by atoms with van der Waals surface area (Å²) in [6.45, 7) is 5.45. The van der Waals surface area contributed by atoms with Crippen LogP contribution in [0.3, 0.4) is 0 Å². The number of nitrogens with one attached hydrogen (secondary N) is 2. The fourth-order valence-electron chi connectivity index (χ4n) is 3.73. The maximum absolute atomic E-state index is 12.9. The number of hydrogen-bond acceptors (Lipinski definition) is 6. The van der Waals surface area contributed by atoms with Crippen molar-refractivity contribution >= 4 is 52.3 Å². The summed E-state index contributed by atoms with van der Waals surface area (Å²) in [7, 11) is 0. The van der Waals surface area contributed by atoms with E-state index in [2.05, 4.69) is 27.3 Å². The predicted octanol–water partition coefficient (Wildman–Crippen LogP) is 6.17. The summed E-state index contributed by atoms with van der Waals surface area (Å²) >= 11 is 12.1. The summed E-state index contributed by atoms with van der Waals surface area (Å²) in [6.07, 6.45) is 2.63. The van der Waals surface area contributed by atoms with Gasteiger partial charge in [-0.1, -0.05) is 48.0 Å². The lowest BCUT2D eigenvalue weighted by Gasteiger charge is -2.13. The number of pyridine rings is 1. The number of amides is 2. The number of nitrogens with zero attached hydrogens (tertiary/aromatic N) is 3. The van der Waals surface area contributed by atoms with Crippen LogP contribution in [-0.4, -0.2) is 37.0 Å². The van der Waals surface area contributed by atoms with Crippen LogP contribution < -0.4 is 16.2 Å². The zero-order chi connectivity index (χ0) is 28.3. The first kappa shape index (κ1) is 27.4. The second-order valence-corrected chi connectivity index (χ2v) is 9.07. The highest BCUT2D eigenvalue weighted by molar-refractivity contribution is 6.39. The molecule has 0 fully saturated rings. The van der Waals surface area contributed by atoms with Crippen LogP contribution in [0.2, 0.25) is 10.0 Å². The van der Waals surface area contributed by atoms with E-state index in [0.717, 1.165) is 0 Å². The van der Waals surface area contributed by atoms with Crippen molar-refractivity contribution in [3.8, 4) is 22.4 Å². The predicted molar refractivity (Wildman–Crippen MR) is 151 cm³/mol. The number of carbonyl (C=O) groups is 2. The monoisotopic (exact) mass is 565 g/mol. The number of halogens is 2. The van der Waals surface area contributed by atoms with Crippen LogP contribution >= 0.6 is 23.2 Å². The molecule has 0 radical (unpaired) electrons. The van der Waals surface area contributed by atoms with Gasteiger partial charge in [0.25, 0.3) is 5.56 Å². The Morgan fingerprint density at radius 2 is 1.62 bits per heavy atom. The van der Waals surface area contributed by atoms with Crippen molar-refractivity contribution in [1.29, 1.82) is 0 Å². The Labute approximate surface area is 232 Å². The van der Waals surface area contributed by atoms with Crippen LogP contribution in [0.15, 0.2) is 72.3 Å². The third-order valence-electron chi connectivity index (χ3n) is 5.62. The quantitative estimate of drug-likeness (QED) is 0.196. The van der Waals surface area contributed by atoms with Gasteiger partial charge in [0.2, 0.25) is 0 Å². The molecule has 10 nitrogen and oxygen atoms in total. The molecule has 39 heavy (non-hydrogen) atoms. The number of carbonyl (C=O) groups excluding carboxylic acids is 1. The Bertz CT molecular complexity index is 1630. The molecule has 4 aromatic rings. The standard InChI is InChI=1S/C27H21Cl2N5O5/c1-3-34-25(36)23(31-27(39)32-24-20(28)12-30-13-21(24)29)11-22(33-34)16-6-4-5-15(7-16)18-8-17(14(2)35)9-19(10-18)26(37)38/h4-13,35H,2-3H2,1H3,(H,37,38)(H2,30,31,32,39). The summed E-state index contributed by atoms with van der Waals surface area (Å²) in [6, 6.07) is 12.1. The number of carboxylic acid groups (broad SMARTS) is 1. The highest BCUT2D eigenvalue weighted by Gasteiger charge is 2.16. The average molecular weight is 566 g/mol. The van der Waals surface area contributed by atoms with Gasteiger partial charge in [0, 0.05) is 30.1 Å². The SMILES string of the molecule is C=C(O)c1cc(C(=O)O)cc(-c2cccc(-c3cc(NC(=O)Nc4c(Cl)cncc4Cl)c(=O)n(CC)n3)c2)c1. The molecule has 0 saturated carbocycles. The van der Waals surface area contributed by atoms with Crippen LogP contribution in [0.25, 0.3) is 28.1 Å². The molecule has 0 atom stereocenters. The molecular weight excluding hydrogens is 545 g/mol. The molecule has 0 aliphatic rings. The Morgan fingerprint density at radius 1 is 0.949 bits per heavy atom. The number of carboxylic acids is 1. The Morgan fingerprint density at radius 3 is 2.26 bits per heavy atom. The van der Waals surface area contributed by atoms with Crippen molar-refractivity contribution in [2.75, 3.05) is 10.6 Å². The van der Waals surface area contributed by atoms with E-state index in [4.69, 9.17) is 23.2 Å². The smallest absolute Gasteiger partial charge is 0.335 e. The van der Waals surface area contributed by atoms with Crippen LogP contribution in [-0.2, 0) is 6.54 Å². The number of hydrogen-bond donors (Lipinski definition) is 4. The molecule has 2 aromatic heterocycles. The number of aliphatic hydroxyl groups is 1. The molecule has 0 spiro atoms. The number of aliphatic hydroxyl groups excluding tert-OH is 1. The van der Waals surface area contributed by atoms with Crippen molar-refractivity contribution in [3.63, 3.8) is 0 Å². The van der Waals surface area contributed by atoms with Crippen molar-refractivity contribution in [3.05, 3.63) is 99.0 Å². The summed E-state index contributed by atoms with van der Waals surface area (Å²) in [5.74, 6) is -1.42. The van der Waals surface area contributed by atoms with Gasteiger partial charge < -0.3 is 20.8 Å². The van der Waals surface area contributed by atoms with Crippen molar-refractivity contribution in [2.24, 2.45) is 0 Å². The van der Waals surface area contributed by atoms with Crippen LogP contribution in [0, 0.1) is 0 Å². The lowest BCUT2D eigenvalue weighted by atomic mass is 9.97. The first-order chi connectivity index (χ1) is 18.6. The second-order valence-electron chi connectivity index (χ2n) is 8.25. The van der Waals surface area contributed by atoms with Gasteiger partial charge in [-0.25, -0.2) is 14.3 Å². The number of aromatic carboxylic acids is 1. The molecule has 4 N–H and O–H groups in total. The van der Waals surface area contributed by atoms with Crippen molar-refractivity contribution in [2.45, 2.75) is 13.5 Å². The van der Waals surface area contributed by atoms with Gasteiger partial charge >= 0.3 is 12.0 Å². The minimum atomic E-state index is -1.16. The third-order valence-corrected chi connectivity index (χ3v) is 6.19. The molecule has 0 saturated heterocycles. The zero-order valence-corrected chi connectivity index (χ0v) is 21.9. The fraction of sp³-hybridized carbons (Fsp3) is 0.0741. The highest BCUT2D eigenvalue weighted by Crippen LogP contribution is 2.30. The molecule has 0 bridgehead atoms. The molecular formula is C27H21Cl2N5O5. The fourth-order valence-corrected chi connectivity index (χ4v) is 4.19. The largest absolute Gasteiger partial charge is 0.508 e.